The molecule has 3 aromatic rings. The smallest absolute Gasteiger partial charge is 0.267 e. The molecule has 1 aliphatic heterocycles. The SMILES string of the molecule is Cc1cc(C(=O)Nc2nc3ccc(S(=O)(=O)N4CCCC4)cc3s2)sc1C. The van der Waals surface area contributed by atoms with Crippen molar-refractivity contribution < 1.29 is 13.2 Å². The molecule has 0 radical (unpaired) electrons. The van der Waals surface area contributed by atoms with Crippen molar-refractivity contribution in [1.82, 2.24) is 9.29 Å². The minimum atomic E-state index is -3.46. The summed E-state index contributed by atoms with van der Waals surface area (Å²) in [5.41, 5.74) is 1.76. The second-order valence-corrected chi connectivity index (χ2v) is 10.8. The van der Waals surface area contributed by atoms with Gasteiger partial charge in [0.2, 0.25) is 10.0 Å². The van der Waals surface area contributed by atoms with E-state index >= 15 is 0 Å². The molecule has 6 nitrogen and oxygen atoms in total. The Morgan fingerprint density at radius 2 is 1.89 bits per heavy atom. The fourth-order valence-corrected chi connectivity index (χ4v) is 6.49. The van der Waals surface area contributed by atoms with Crippen molar-refractivity contribution in [1.29, 1.82) is 0 Å². The standard InChI is InChI=1S/C18H19N3O3S3/c1-11-9-16(25-12(11)2)17(22)20-18-19-14-6-5-13(10-15(14)26-18)27(23,24)21-7-3-4-8-21/h5-6,9-10H,3-4,7-8H2,1-2H3,(H,19,20,22). The molecule has 0 saturated carbocycles. The molecule has 0 bridgehead atoms. The van der Waals surface area contributed by atoms with Gasteiger partial charge in [0.1, 0.15) is 0 Å². The van der Waals surface area contributed by atoms with Gasteiger partial charge in [-0.25, -0.2) is 13.4 Å². The van der Waals surface area contributed by atoms with Gasteiger partial charge in [0.05, 0.1) is 20.0 Å². The lowest BCUT2D eigenvalue weighted by molar-refractivity contribution is 0.103. The maximum atomic E-state index is 12.7. The highest BCUT2D eigenvalue weighted by Crippen LogP contribution is 2.31. The van der Waals surface area contributed by atoms with Crippen molar-refractivity contribution in [2.45, 2.75) is 31.6 Å². The minimum Gasteiger partial charge on any atom is -0.297 e. The fraction of sp³-hybridized carbons (Fsp3) is 0.333. The number of thiophene rings is 1. The van der Waals surface area contributed by atoms with Crippen LogP contribution in [0.5, 0.6) is 0 Å². The summed E-state index contributed by atoms with van der Waals surface area (Å²) in [6.07, 6.45) is 1.81. The first-order valence-electron chi connectivity index (χ1n) is 8.64. The molecular formula is C18H19N3O3S3. The zero-order chi connectivity index (χ0) is 19.2. The van der Waals surface area contributed by atoms with Gasteiger partial charge in [-0.15, -0.1) is 11.3 Å². The first-order valence-corrected chi connectivity index (χ1v) is 11.7. The van der Waals surface area contributed by atoms with E-state index in [9.17, 15) is 13.2 Å². The van der Waals surface area contributed by atoms with Crippen LogP contribution in [0.2, 0.25) is 0 Å². The minimum absolute atomic E-state index is 0.194. The zero-order valence-corrected chi connectivity index (χ0v) is 17.4. The van der Waals surface area contributed by atoms with E-state index in [1.54, 1.807) is 18.2 Å². The summed E-state index contributed by atoms with van der Waals surface area (Å²) in [7, 11) is -3.46. The molecule has 3 heterocycles. The summed E-state index contributed by atoms with van der Waals surface area (Å²) in [5, 5.41) is 3.29. The van der Waals surface area contributed by atoms with E-state index in [4.69, 9.17) is 0 Å². The quantitative estimate of drug-likeness (QED) is 0.690. The summed E-state index contributed by atoms with van der Waals surface area (Å²) in [4.78, 5) is 18.9. The van der Waals surface area contributed by atoms with Crippen molar-refractivity contribution in [3.05, 3.63) is 39.6 Å². The number of aromatic nitrogens is 1. The lowest BCUT2D eigenvalue weighted by atomic mass is 10.3. The normalized spacial score (nSPS) is 15.5. The highest BCUT2D eigenvalue weighted by molar-refractivity contribution is 7.89. The van der Waals surface area contributed by atoms with Crippen LogP contribution in [0.25, 0.3) is 10.2 Å². The summed E-state index contributed by atoms with van der Waals surface area (Å²) in [6.45, 7) is 5.10. The van der Waals surface area contributed by atoms with Crippen LogP contribution >= 0.6 is 22.7 Å². The summed E-state index contributed by atoms with van der Waals surface area (Å²) in [5.74, 6) is -0.194. The number of carbonyl (C=O) groups excluding carboxylic acids is 1. The average molecular weight is 422 g/mol. The largest absolute Gasteiger partial charge is 0.297 e. The Kier molecular flexibility index (Phi) is 4.79. The number of thiazole rings is 1. The van der Waals surface area contributed by atoms with Gasteiger partial charge in [0.25, 0.3) is 5.91 Å². The van der Waals surface area contributed by atoms with Gasteiger partial charge < -0.3 is 0 Å². The Labute approximate surface area is 165 Å². The third-order valence-electron chi connectivity index (χ3n) is 4.67. The molecule has 142 valence electrons. The number of fused-ring (bicyclic) bond motifs is 1. The maximum absolute atomic E-state index is 12.7. The number of aryl methyl sites for hydroxylation is 2. The molecule has 0 atom stereocenters. The lowest BCUT2D eigenvalue weighted by Crippen LogP contribution is -2.27. The second kappa shape index (κ2) is 6.97. The molecule has 2 aromatic heterocycles. The van der Waals surface area contributed by atoms with Gasteiger partial charge in [-0.3, -0.25) is 10.1 Å². The predicted octanol–water partition coefficient (Wildman–Crippen LogP) is 4.01. The summed E-state index contributed by atoms with van der Waals surface area (Å²) >= 11 is 2.73. The summed E-state index contributed by atoms with van der Waals surface area (Å²) in [6, 6.07) is 6.80. The van der Waals surface area contributed by atoms with Crippen LogP contribution in [0.3, 0.4) is 0 Å². The topological polar surface area (TPSA) is 79.4 Å². The maximum Gasteiger partial charge on any atom is 0.267 e. The van der Waals surface area contributed by atoms with Crippen LogP contribution in [0.1, 0.15) is 33.0 Å². The molecule has 1 aliphatic rings. The Hall–Kier alpha value is -1.81. The fourth-order valence-electron chi connectivity index (χ4n) is 3.04. The van der Waals surface area contributed by atoms with Crippen LogP contribution in [-0.4, -0.2) is 36.7 Å². The number of nitrogens with one attached hydrogen (secondary N) is 1. The van der Waals surface area contributed by atoms with E-state index in [1.165, 1.54) is 27.0 Å². The Bertz CT molecular complexity index is 1110. The molecule has 1 amide bonds. The van der Waals surface area contributed by atoms with E-state index in [1.807, 2.05) is 19.9 Å². The van der Waals surface area contributed by atoms with Gasteiger partial charge >= 0.3 is 0 Å². The van der Waals surface area contributed by atoms with Crippen LogP contribution < -0.4 is 5.32 Å². The number of benzene rings is 1. The van der Waals surface area contributed by atoms with Gasteiger partial charge in [-0.2, -0.15) is 4.31 Å². The first-order chi connectivity index (χ1) is 12.8. The van der Waals surface area contributed by atoms with Crippen molar-refractivity contribution in [2.75, 3.05) is 18.4 Å². The molecule has 0 aliphatic carbocycles. The van der Waals surface area contributed by atoms with Gasteiger partial charge in [0.15, 0.2) is 5.13 Å². The highest BCUT2D eigenvalue weighted by Gasteiger charge is 2.27. The number of amides is 1. The second-order valence-electron chi connectivity index (χ2n) is 6.56. The molecule has 9 heteroatoms. The first kappa shape index (κ1) is 18.5. The van der Waals surface area contributed by atoms with Crippen LogP contribution in [0.4, 0.5) is 5.13 Å². The average Bonchev–Trinajstić information content (AvgIpc) is 3.35. The Balaban J connectivity index is 1.60. The molecule has 1 saturated heterocycles. The number of sulfonamides is 1. The number of anilines is 1. The monoisotopic (exact) mass is 421 g/mol. The van der Waals surface area contributed by atoms with Crippen molar-refractivity contribution in [3.63, 3.8) is 0 Å². The number of carbonyl (C=O) groups is 1. The molecule has 4 rings (SSSR count). The van der Waals surface area contributed by atoms with Gasteiger partial charge in [-0.1, -0.05) is 11.3 Å². The van der Waals surface area contributed by atoms with Gasteiger partial charge in [-0.05, 0) is 56.5 Å². The van der Waals surface area contributed by atoms with Crippen LogP contribution in [0, 0.1) is 13.8 Å². The number of rotatable bonds is 4. The Morgan fingerprint density at radius 3 is 2.56 bits per heavy atom. The molecule has 0 spiro atoms. The Morgan fingerprint density at radius 1 is 1.15 bits per heavy atom. The molecule has 1 aromatic carbocycles. The third-order valence-corrected chi connectivity index (χ3v) is 8.65. The van der Waals surface area contributed by atoms with E-state index in [0.29, 0.717) is 28.6 Å². The zero-order valence-electron chi connectivity index (χ0n) is 15.0. The van der Waals surface area contributed by atoms with Crippen molar-refractivity contribution in [2.24, 2.45) is 0 Å². The predicted molar refractivity (Wildman–Crippen MR) is 109 cm³/mol. The van der Waals surface area contributed by atoms with Crippen LogP contribution in [0.15, 0.2) is 29.2 Å². The van der Waals surface area contributed by atoms with E-state index in [2.05, 4.69) is 10.3 Å². The highest BCUT2D eigenvalue weighted by atomic mass is 32.2. The van der Waals surface area contributed by atoms with Crippen molar-refractivity contribution in [3.8, 4) is 0 Å². The van der Waals surface area contributed by atoms with E-state index in [-0.39, 0.29) is 10.8 Å². The van der Waals surface area contributed by atoms with Crippen LogP contribution in [-0.2, 0) is 10.0 Å². The number of hydrogen-bond acceptors (Lipinski definition) is 6. The molecule has 1 N–H and O–H groups in total. The third kappa shape index (κ3) is 3.52. The summed E-state index contributed by atoms with van der Waals surface area (Å²) < 4.78 is 27.7. The van der Waals surface area contributed by atoms with E-state index < -0.39 is 10.0 Å². The number of hydrogen-bond donors (Lipinski definition) is 1. The lowest BCUT2D eigenvalue weighted by Gasteiger charge is -2.15. The number of nitrogens with zero attached hydrogens (tertiary/aromatic N) is 2. The van der Waals surface area contributed by atoms with Gasteiger partial charge in [0, 0.05) is 18.0 Å². The molecule has 0 unspecified atom stereocenters. The van der Waals surface area contributed by atoms with Crippen molar-refractivity contribution >= 4 is 54.0 Å². The molecule has 27 heavy (non-hydrogen) atoms. The molecular weight excluding hydrogens is 402 g/mol. The molecule has 1 fully saturated rings. The van der Waals surface area contributed by atoms with E-state index in [0.717, 1.165) is 28.0 Å².